The van der Waals surface area contributed by atoms with Crippen LogP contribution in [0.2, 0.25) is 5.02 Å². The molecule has 0 aliphatic carbocycles. The maximum absolute atomic E-state index is 6.26. The Morgan fingerprint density at radius 2 is 1.89 bits per heavy atom. The first-order valence-corrected chi connectivity index (χ1v) is 6.73. The molecule has 2 aromatic carbocycles. The fraction of sp³-hybridized carbons (Fsp3) is 0.143. The first kappa shape index (κ1) is 13.2. The molecule has 2 nitrogen and oxygen atoms in total. The highest BCUT2D eigenvalue weighted by atomic mass is 79.9. The van der Waals surface area contributed by atoms with Crippen LogP contribution in [0, 0.1) is 13.8 Å². The van der Waals surface area contributed by atoms with Crippen LogP contribution in [0.1, 0.15) is 11.1 Å². The van der Waals surface area contributed by atoms with Crippen molar-refractivity contribution in [2.75, 3.05) is 11.1 Å². The van der Waals surface area contributed by atoms with Gasteiger partial charge in [0.2, 0.25) is 0 Å². The van der Waals surface area contributed by atoms with Gasteiger partial charge in [-0.15, -0.1) is 0 Å². The summed E-state index contributed by atoms with van der Waals surface area (Å²) in [5.41, 5.74) is 10.6. The number of anilines is 3. The van der Waals surface area contributed by atoms with Crippen LogP contribution in [0.4, 0.5) is 17.1 Å². The van der Waals surface area contributed by atoms with Crippen LogP contribution in [-0.2, 0) is 0 Å². The minimum absolute atomic E-state index is 0.681. The van der Waals surface area contributed by atoms with Crippen molar-refractivity contribution < 1.29 is 0 Å². The zero-order chi connectivity index (χ0) is 13.3. The number of halogens is 2. The molecule has 0 radical (unpaired) electrons. The van der Waals surface area contributed by atoms with E-state index < -0.39 is 0 Å². The van der Waals surface area contributed by atoms with E-state index in [2.05, 4.69) is 27.3 Å². The van der Waals surface area contributed by atoms with E-state index in [1.54, 1.807) is 0 Å². The summed E-state index contributed by atoms with van der Waals surface area (Å²) >= 11 is 9.64. The number of hydrogen-bond acceptors (Lipinski definition) is 2. The molecule has 0 atom stereocenters. The Labute approximate surface area is 120 Å². The van der Waals surface area contributed by atoms with Gasteiger partial charge in [-0.05, 0) is 49.2 Å². The average Bonchev–Trinajstić information content (AvgIpc) is 2.25. The van der Waals surface area contributed by atoms with E-state index >= 15 is 0 Å². The molecule has 0 saturated carbocycles. The summed E-state index contributed by atoms with van der Waals surface area (Å²) in [5, 5.41) is 3.99. The van der Waals surface area contributed by atoms with Gasteiger partial charge in [0, 0.05) is 4.47 Å². The maximum atomic E-state index is 6.26. The van der Waals surface area contributed by atoms with Gasteiger partial charge in [-0.2, -0.15) is 0 Å². The van der Waals surface area contributed by atoms with Gasteiger partial charge >= 0.3 is 0 Å². The van der Waals surface area contributed by atoms with Crippen molar-refractivity contribution in [3.63, 3.8) is 0 Å². The van der Waals surface area contributed by atoms with Gasteiger partial charge < -0.3 is 11.1 Å². The minimum atomic E-state index is 0.681. The zero-order valence-corrected chi connectivity index (χ0v) is 12.6. The van der Waals surface area contributed by atoms with Crippen LogP contribution in [-0.4, -0.2) is 0 Å². The highest BCUT2D eigenvalue weighted by molar-refractivity contribution is 9.10. The molecule has 0 aliphatic rings. The Kier molecular flexibility index (Phi) is 3.83. The van der Waals surface area contributed by atoms with Gasteiger partial charge in [0.1, 0.15) is 0 Å². The number of rotatable bonds is 2. The topological polar surface area (TPSA) is 38.0 Å². The lowest BCUT2D eigenvalue weighted by molar-refractivity contribution is 1.37. The molecule has 0 spiro atoms. The molecule has 2 rings (SSSR count). The standard InChI is InChI=1S/C14H14BrClN2/c1-8-5-9(2)14(11(16)6-8)18-13-4-3-10(15)7-12(13)17/h3-7,18H,17H2,1-2H3. The molecule has 4 heteroatoms. The lowest BCUT2D eigenvalue weighted by Gasteiger charge is -2.14. The van der Waals surface area contributed by atoms with E-state index in [9.17, 15) is 0 Å². The molecular weight excluding hydrogens is 312 g/mol. The first-order chi connectivity index (χ1) is 8.47. The summed E-state index contributed by atoms with van der Waals surface area (Å²) in [6, 6.07) is 9.75. The fourth-order valence-electron chi connectivity index (χ4n) is 1.86. The lowest BCUT2D eigenvalue weighted by Crippen LogP contribution is -1.99. The molecule has 94 valence electrons. The molecule has 18 heavy (non-hydrogen) atoms. The molecule has 3 N–H and O–H groups in total. The van der Waals surface area contributed by atoms with Gasteiger partial charge in [0.15, 0.2) is 0 Å². The number of nitrogen functional groups attached to an aromatic ring is 1. The van der Waals surface area contributed by atoms with Gasteiger partial charge in [-0.3, -0.25) is 0 Å². The second-order valence-electron chi connectivity index (χ2n) is 4.30. The highest BCUT2D eigenvalue weighted by Gasteiger charge is 2.07. The Morgan fingerprint density at radius 1 is 1.17 bits per heavy atom. The van der Waals surface area contributed by atoms with Gasteiger partial charge in [0.05, 0.1) is 22.1 Å². The van der Waals surface area contributed by atoms with E-state index in [1.165, 1.54) is 0 Å². The third kappa shape index (κ3) is 2.79. The van der Waals surface area contributed by atoms with Crippen LogP contribution in [0.25, 0.3) is 0 Å². The molecule has 0 aromatic heterocycles. The molecule has 2 aromatic rings. The van der Waals surface area contributed by atoms with E-state index in [1.807, 2.05) is 38.1 Å². The number of aryl methyl sites for hydroxylation is 2. The highest BCUT2D eigenvalue weighted by Crippen LogP contribution is 2.33. The average molecular weight is 326 g/mol. The molecule has 0 bridgehead atoms. The number of nitrogens with two attached hydrogens (primary N) is 1. The number of nitrogens with one attached hydrogen (secondary N) is 1. The second-order valence-corrected chi connectivity index (χ2v) is 5.62. The molecular formula is C14H14BrClN2. The number of hydrogen-bond donors (Lipinski definition) is 2. The van der Waals surface area contributed by atoms with E-state index in [-0.39, 0.29) is 0 Å². The summed E-state index contributed by atoms with van der Waals surface area (Å²) in [5.74, 6) is 0. The zero-order valence-electron chi connectivity index (χ0n) is 10.2. The fourth-order valence-corrected chi connectivity index (χ4v) is 2.60. The second kappa shape index (κ2) is 5.21. The van der Waals surface area contributed by atoms with Gasteiger partial charge in [0.25, 0.3) is 0 Å². The maximum Gasteiger partial charge on any atom is 0.0646 e. The third-order valence-electron chi connectivity index (χ3n) is 2.71. The first-order valence-electron chi connectivity index (χ1n) is 5.56. The van der Waals surface area contributed by atoms with Crippen molar-refractivity contribution in [2.24, 2.45) is 0 Å². The third-order valence-corrected chi connectivity index (χ3v) is 3.50. The summed E-state index contributed by atoms with van der Waals surface area (Å²) in [6.07, 6.45) is 0. The quantitative estimate of drug-likeness (QED) is 0.759. The minimum Gasteiger partial charge on any atom is -0.397 e. The SMILES string of the molecule is Cc1cc(C)c(Nc2ccc(Br)cc2N)c(Cl)c1. The summed E-state index contributed by atoms with van der Waals surface area (Å²) in [7, 11) is 0. The van der Waals surface area contributed by atoms with Crippen molar-refractivity contribution in [1.82, 2.24) is 0 Å². The Balaban J connectivity index is 2.40. The van der Waals surface area contributed by atoms with Crippen molar-refractivity contribution in [3.8, 4) is 0 Å². The molecule has 0 aliphatic heterocycles. The normalized spacial score (nSPS) is 10.4. The Morgan fingerprint density at radius 3 is 2.50 bits per heavy atom. The van der Waals surface area contributed by atoms with Crippen LogP contribution in [0.5, 0.6) is 0 Å². The van der Waals surface area contributed by atoms with Crippen LogP contribution < -0.4 is 11.1 Å². The monoisotopic (exact) mass is 324 g/mol. The number of benzene rings is 2. The Bertz CT molecular complexity index is 573. The predicted molar refractivity (Wildman–Crippen MR) is 82.8 cm³/mol. The van der Waals surface area contributed by atoms with Crippen molar-refractivity contribution >= 4 is 44.6 Å². The van der Waals surface area contributed by atoms with E-state index in [4.69, 9.17) is 17.3 Å². The lowest BCUT2D eigenvalue weighted by atomic mass is 10.1. The van der Waals surface area contributed by atoms with Crippen molar-refractivity contribution in [1.29, 1.82) is 0 Å². The smallest absolute Gasteiger partial charge is 0.0646 e. The molecule has 0 fully saturated rings. The molecule has 0 amide bonds. The van der Waals surface area contributed by atoms with Gasteiger partial charge in [-0.25, -0.2) is 0 Å². The summed E-state index contributed by atoms with van der Waals surface area (Å²) < 4.78 is 0.956. The predicted octanol–water partition coefficient (Wildman–Crippen LogP) is 5.05. The van der Waals surface area contributed by atoms with Crippen molar-refractivity contribution in [3.05, 3.63) is 51.0 Å². The summed E-state index contributed by atoms with van der Waals surface area (Å²) in [4.78, 5) is 0. The van der Waals surface area contributed by atoms with Crippen LogP contribution in [0.3, 0.4) is 0 Å². The van der Waals surface area contributed by atoms with Crippen LogP contribution >= 0.6 is 27.5 Å². The largest absolute Gasteiger partial charge is 0.397 e. The summed E-state index contributed by atoms with van der Waals surface area (Å²) in [6.45, 7) is 4.05. The van der Waals surface area contributed by atoms with E-state index in [0.29, 0.717) is 10.7 Å². The van der Waals surface area contributed by atoms with Crippen LogP contribution in [0.15, 0.2) is 34.8 Å². The molecule has 0 unspecified atom stereocenters. The Hall–Kier alpha value is -1.19. The molecule has 0 heterocycles. The molecule has 0 saturated heterocycles. The van der Waals surface area contributed by atoms with E-state index in [0.717, 1.165) is 27.0 Å². The van der Waals surface area contributed by atoms with Crippen molar-refractivity contribution in [2.45, 2.75) is 13.8 Å². The van der Waals surface area contributed by atoms with Gasteiger partial charge in [-0.1, -0.05) is 33.6 Å².